The van der Waals surface area contributed by atoms with Gasteiger partial charge in [0.1, 0.15) is 18.3 Å². The third-order valence-electron chi connectivity index (χ3n) is 5.93. The zero-order valence-electron chi connectivity index (χ0n) is 17.5. The molecular formula is C22H33N3O5. The van der Waals surface area contributed by atoms with Gasteiger partial charge < -0.3 is 30.5 Å². The highest BCUT2D eigenvalue weighted by molar-refractivity contribution is 5.76. The van der Waals surface area contributed by atoms with Gasteiger partial charge in [-0.1, -0.05) is 49.6 Å². The van der Waals surface area contributed by atoms with E-state index < -0.39 is 24.4 Å². The van der Waals surface area contributed by atoms with Crippen LogP contribution in [-0.4, -0.2) is 71.1 Å². The summed E-state index contributed by atoms with van der Waals surface area (Å²) in [7, 11) is 1.70. The van der Waals surface area contributed by atoms with Crippen LogP contribution in [0.15, 0.2) is 30.3 Å². The molecule has 4 atom stereocenters. The topological polar surface area (TPSA) is 111 Å². The summed E-state index contributed by atoms with van der Waals surface area (Å²) < 4.78 is 5.71. The highest BCUT2D eigenvalue weighted by Gasteiger charge is 2.43. The van der Waals surface area contributed by atoms with Crippen molar-refractivity contribution in [3.05, 3.63) is 35.9 Å². The van der Waals surface area contributed by atoms with Crippen LogP contribution in [0.2, 0.25) is 0 Å². The van der Waals surface area contributed by atoms with E-state index in [0.29, 0.717) is 6.54 Å². The van der Waals surface area contributed by atoms with Gasteiger partial charge in [0.25, 0.3) is 0 Å². The van der Waals surface area contributed by atoms with Crippen molar-refractivity contribution in [1.82, 2.24) is 15.5 Å². The maximum atomic E-state index is 12.5. The van der Waals surface area contributed by atoms with Crippen molar-refractivity contribution in [2.24, 2.45) is 0 Å². The standard InChI is InChI=1S/C22H33N3O5/c1-25(14-15-8-4-2-5-9-15)19(26)12-17-20(27)21(28)18(30-17)13-23-22(29)24-16-10-6-3-7-11-16/h2,4-5,8-9,16-18,20-21,27-28H,3,6-7,10-14H2,1H3,(H2,23,24,29)/t17-,18-,20+,21-/m1/s1. The molecule has 0 bridgehead atoms. The van der Waals surface area contributed by atoms with Gasteiger partial charge in [0.05, 0.1) is 12.5 Å². The number of hydrogen-bond acceptors (Lipinski definition) is 5. The van der Waals surface area contributed by atoms with Gasteiger partial charge in [-0.15, -0.1) is 0 Å². The van der Waals surface area contributed by atoms with E-state index in [1.54, 1.807) is 11.9 Å². The van der Waals surface area contributed by atoms with Crippen LogP contribution in [0.1, 0.15) is 44.1 Å². The average Bonchev–Trinajstić information content (AvgIpc) is 3.01. The SMILES string of the molecule is CN(Cc1ccccc1)C(=O)C[C@H]1O[C@H](CNC(=O)NC2CCCCC2)[C@@H](O)[C@H]1O. The number of nitrogens with zero attached hydrogens (tertiary/aromatic N) is 1. The van der Waals surface area contributed by atoms with E-state index in [0.717, 1.165) is 31.2 Å². The minimum absolute atomic E-state index is 0.0354. The van der Waals surface area contributed by atoms with E-state index in [1.807, 2.05) is 30.3 Å². The van der Waals surface area contributed by atoms with E-state index >= 15 is 0 Å². The molecule has 3 amide bonds. The number of amides is 3. The summed E-state index contributed by atoms with van der Waals surface area (Å²) in [5.41, 5.74) is 1.01. The summed E-state index contributed by atoms with van der Waals surface area (Å²) in [6.07, 6.45) is 1.49. The predicted molar refractivity (Wildman–Crippen MR) is 112 cm³/mol. The predicted octanol–water partition coefficient (Wildman–Crippen LogP) is 1.16. The number of aliphatic hydroxyl groups excluding tert-OH is 2. The molecule has 1 aliphatic carbocycles. The molecule has 3 rings (SSSR count). The summed E-state index contributed by atoms with van der Waals surface area (Å²) in [5.74, 6) is -0.182. The third-order valence-corrected chi connectivity index (χ3v) is 5.93. The van der Waals surface area contributed by atoms with Gasteiger partial charge >= 0.3 is 6.03 Å². The van der Waals surface area contributed by atoms with Crippen molar-refractivity contribution in [3.8, 4) is 0 Å². The second-order valence-corrected chi connectivity index (χ2v) is 8.32. The molecule has 1 aromatic rings. The van der Waals surface area contributed by atoms with Gasteiger partial charge in [-0.05, 0) is 18.4 Å². The molecule has 1 heterocycles. The van der Waals surface area contributed by atoms with Gasteiger partial charge in [-0.2, -0.15) is 0 Å². The zero-order valence-corrected chi connectivity index (χ0v) is 17.5. The smallest absolute Gasteiger partial charge is 0.315 e. The Labute approximate surface area is 177 Å². The number of benzene rings is 1. The van der Waals surface area contributed by atoms with Crippen molar-refractivity contribution in [1.29, 1.82) is 0 Å². The fraction of sp³-hybridized carbons (Fsp3) is 0.636. The molecule has 8 heteroatoms. The molecule has 0 aromatic heterocycles. The highest BCUT2D eigenvalue weighted by atomic mass is 16.5. The van der Waals surface area contributed by atoms with E-state index in [-0.39, 0.29) is 30.9 Å². The molecule has 1 aliphatic heterocycles. The molecule has 2 fully saturated rings. The highest BCUT2D eigenvalue weighted by Crippen LogP contribution is 2.24. The van der Waals surface area contributed by atoms with Crippen LogP contribution in [0, 0.1) is 0 Å². The van der Waals surface area contributed by atoms with Crippen LogP contribution in [-0.2, 0) is 16.1 Å². The molecule has 2 aliphatic rings. The summed E-state index contributed by atoms with van der Waals surface area (Å²) in [6, 6.07) is 9.51. The van der Waals surface area contributed by atoms with Gasteiger partial charge in [0.2, 0.25) is 5.91 Å². The Bertz CT molecular complexity index is 695. The van der Waals surface area contributed by atoms with Crippen molar-refractivity contribution in [2.75, 3.05) is 13.6 Å². The lowest BCUT2D eigenvalue weighted by molar-refractivity contribution is -0.134. The number of hydrogen-bond donors (Lipinski definition) is 4. The summed E-state index contributed by atoms with van der Waals surface area (Å²) >= 11 is 0. The quantitative estimate of drug-likeness (QED) is 0.530. The summed E-state index contributed by atoms with van der Waals surface area (Å²) in [4.78, 5) is 26.2. The minimum Gasteiger partial charge on any atom is -0.388 e. The van der Waals surface area contributed by atoms with Crippen molar-refractivity contribution >= 4 is 11.9 Å². The van der Waals surface area contributed by atoms with E-state index in [4.69, 9.17) is 4.74 Å². The fourth-order valence-electron chi connectivity index (χ4n) is 4.11. The van der Waals surface area contributed by atoms with Crippen LogP contribution in [0.3, 0.4) is 0 Å². The Kier molecular flexibility index (Phi) is 8.07. The van der Waals surface area contributed by atoms with Gasteiger partial charge in [-0.25, -0.2) is 4.79 Å². The number of urea groups is 1. The first kappa shape index (κ1) is 22.5. The normalized spacial score (nSPS) is 26.9. The molecule has 1 saturated carbocycles. The molecule has 8 nitrogen and oxygen atoms in total. The lowest BCUT2D eigenvalue weighted by Crippen LogP contribution is -2.47. The maximum absolute atomic E-state index is 12.5. The van der Waals surface area contributed by atoms with Crippen LogP contribution in [0.4, 0.5) is 4.79 Å². The van der Waals surface area contributed by atoms with Crippen molar-refractivity contribution in [3.63, 3.8) is 0 Å². The first-order valence-corrected chi connectivity index (χ1v) is 10.8. The molecule has 4 N–H and O–H groups in total. The Balaban J connectivity index is 1.43. The second-order valence-electron chi connectivity index (χ2n) is 8.32. The first-order chi connectivity index (χ1) is 14.4. The molecule has 0 spiro atoms. The van der Waals surface area contributed by atoms with E-state index in [2.05, 4.69) is 10.6 Å². The van der Waals surface area contributed by atoms with Crippen molar-refractivity contribution < 1.29 is 24.5 Å². The number of aliphatic hydroxyl groups is 2. The Morgan fingerprint density at radius 2 is 1.73 bits per heavy atom. The van der Waals surface area contributed by atoms with Crippen LogP contribution >= 0.6 is 0 Å². The minimum atomic E-state index is -1.17. The fourth-order valence-corrected chi connectivity index (χ4v) is 4.11. The zero-order chi connectivity index (χ0) is 21.5. The van der Waals surface area contributed by atoms with E-state index in [9.17, 15) is 19.8 Å². The van der Waals surface area contributed by atoms with E-state index in [1.165, 1.54) is 6.42 Å². The third kappa shape index (κ3) is 6.17. The first-order valence-electron chi connectivity index (χ1n) is 10.8. The Morgan fingerprint density at radius 1 is 1.07 bits per heavy atom. The molecule has 1 saturated heterocycles. The number of carbonyl (C=O) groups excluding carboxylic acids is 2. The molecule has 30 heavy (non-hydrogen) atoms. The van der Waals surface area contributed by atoms with Crippen LogP contribution < -0.4 is 10.6 Å². The molecule has 166 valence electrons. The largest absolute Gasteiger partial charge is 0.388 e. The Hall–Kier alpha value is -2.16. The molecular weight excluding hydrogens is 386 g/mol. The van der Waals surface area contributed by atoms with Crippen LogP contribution in [0.5, 0.6) is 0 Å². The van der Waals surface area contributed by atoms with Gasteiger partial charge in [-0.3, -0.25) is 4.79 Å². The molecule has 0 unspecified atom stereocenters. The maximum Gasteiger partial charge on any atom is 0.315 e. The monoisotopic (exact) mass is 419 g/mol. The number of ether oxygens (including phenoxy) is 1. The number of rotatable bonds is 7. The summed E-state index contributed by atoms with van der Waals surface area (Å²) in [5, 5.41) is 26.2. The second kappa shape index (κ2) is 10.7. The van der Waals surface area contributed by atoms with Gasteiger partial charge in [0.15, 0.2) is 0 Å². The molecule has 0 radical (unpaired) electrons. The molecule has 1 aromatic carbocycles. The number of carbonyl (C=O) groups is 2. The lowest BCUT2D eigenvalue weighted by atomic mass is 9.96. The summed E-state index contributed by atoms with van der Waals surface area (Å²) in [6.45, 7) is 0.526. The van der Waals surface area contributed by atoms with Crippen molar-refractivity contribution in [2.45, 2.75) is 75.5 Å². The van der Waals surface area contributed by atoms with Crippen LogP contribution in [0.25, 0.3) is 0 Å². The number of nitrogens with one attached hydrogen (secondary N) is 2. The average molecular weight is 420 g/mol. The Morgan fingerprint density at radius 3 is 2.43 bits per heavy atom. The lowest BCUT2D eigenvalue weighted by Gasteiger charge is -2.23. The van der Waals surface area contributed by atoms with Gasteiger partial charge in [0, 0.05) is 26.2 Å².